The number of hydrogen-bond donors (Lipinski definition) is 0. The van der Waals surface area contributed by atoms with Crippen LogP contribution >= 0.6 is 0 Å². The molecule has 27 heavy (non-hydrogen) atoms. The molecular weight excluding hydrogens is 344 g/mol. The molecule has 2 aliphatic rings. The van der Waals surface area contributed by atoms with Crippen LogP contribution in [0.25, 0.3) is 0 Å². The molecule has 1 aliphatic heterocycles. The van der Waals surface area contributed by atoms with Crippen molar-refractivity contribution in [2.24, 2.45) is 7.05 Å². The Kier molecular flexibility index (Phi) is 4.92. The van der Waals surface area contributed by atoms with Crippen LogP contribution in [0.5, 0.6) is 0 Å². The van der Waals surface area contributed by atoms with E-state index in [1.165, 1.54) is 0 Å². The van der Waals surface area contributed by atoms with E-state index in [0.717, 1.165) is 30.8 Å². The minimum absolute atomic E-state index is 0.0572. The van der Waals surface area contributed by atoms with Crippen molar-refractivity contribution in [3.63, 3.8) is 0 Å². The van der Waals surface area contributed by atoms with Gasteiger partial charge in [-0.1, -0.05) is 0 Å². The zero-order valence-electron chi connectivity index (χ0n) is 16.1. The predicted octanol–water partition coefficient (Wildman–Crippen LogP) is 1.23. The molecule has 2 atom stereocenters. The van der Waals surface area contributed by atoms with E-state index >= 15 is 0 Å². The van der Waals surface area contributed by atoms with Crippen LogP contribution in [0.15, 0.2) is 24.8 Å². The second-order valence-electron chi connectivity index (χ2n) is 7.67. The fraction of sp³-hybridized carbons (Fsp3) is 0.579. The molecule has 0 unspecified atom stereocenters. The van der Waals surface area contributed by atoms with Crippen LogP contribution in [-0.4, -0.2) is 75.4 Å². The number of nitrogens with zero attached hydrogens (tertiary/aromatic N) is 6. The molecule has 8 heteroatoms. The average molecular weight is 370 g/mol. The third-order valence-electron chi connectivity index (χ3n) is 5.09. The van der Waals surface area contributed by atoms with E-state index in [4.69, 9.17) is 4.74 Å². The van der Waals surface area contributed by atoms with Gasteiger partial charge in [0.15, 0.2) is 0 Å². The summed E-state index contributed by atoms with van der Waals surface area (Å²) in [4.78, 5) is 26.0. The summed E-state index contributed by atoms with van der Waals surface area (Å²) in [6, 6.07) is -0.189. The number of carbonyl (C=O) groups excluding carboxylic acids is 1. The molecule has 0 spiro atoms. The van der Waals surface area contributed by atoms with Crippen LogP contribution in [0.1, 0.15) is 46.5 Å². The Morgan fingerprint density at radius 3 is 2.59 bits per heavy atom. The lowest BCUT2D eigenvalue weighted by Gasteiger charge is -2.41. The number of morpholine rings is 1. The molecule has 0 bridgehead atoms. The highest BCUT2D eigenvalue weighted by Crippen LogP contribution is 2.37. The normalized spacial score (nSPS) is 23.0. The largest absolute Gasteiger partial charge is 0.373 e. The van der Waals surface area contributed by atoms with Crippen molar-refractivity contribution in [3.05, 3.63) is 41.7 Å². The van der Waals surface area contributed by atoms with Crippen molar-refractivity contribution < 1.29 is 9.53 Å². The molecular formula is C19H26N6O2. The Morgan fingerprint density at radius 1 is 1.26 bits per heavy atom. The standard InChI is InChI=1S/C19H26N6O2/c1-23(2)12-16-17(15-10-22-24(3)11-15)25(6-7-27-16)19(26)14-8-20-18(21-9-14)13-4-5-13/h8-11,13,16-17H,4-7,12H2,1-3H3/t16-,17-/m0/s1. The number of aromatic nitrogens is 4. The Hall–Kier alpha value is -2.32. The summed E-state index contributed by atoms with van der Waals surface area (Å²) in [6.07, 6.45) is 9.27. The van der Waals surface area contributed by atoms with Gasteiger partial charge in [0.05, 0.1) is 30.5 Å². The molecule has 0 aromatic carbocycles. The van der Waals surface area contributed by atoms with Crippen molar-refractivity contribution in [2.45, 2.75) is 30.9 Å². The van der Waals surface area contributed by atoms with E-state index < -0.39 is 0 Å². The van der Waals surface area contributed by atoms with Crippen LogP contribution in [0.2, 0.25) is 0 Å². The molecule has 2 aromatic rings. The van der Waals surface area contributed by atoms with Gasteiger partial charge in [0.1, 0.15) is 5.82 Å². The van der Waals surface area contributed by atoms with Gasteiger partial charge in [0.25, 0.3) is 5.91 Å². The van der Waals surface area contributed by atoms with Crippen molar-refractivity contribution in [2.75, 3.05) is 33.8 Å². The van der Waals surface area contributed by atoms with E-state index in [1.807, 2.05) is 38.4 Å². The lowest BCUT2D eigenvalue weighted by Crippen LogP contribution is -2.51. The van der Waals surface area contributed by atoms with Gasteiger partial charge >= 0.3 is 0 Å². The Bertz CT molecular complexity index is 799. The van der Waals surface area contributed by atoms with Crippen molar-refractivity contribution in [1.29, 1.82) is 0 Å². The maximum Gasteiger partial charge on any atom is 0.257 e. The van der Waals surface area contributed by atoms with Crippen LogP contribution in [0, 0.1) is 0 Å². The minimum Gasteiger partial charge on any atom is -0.373 e. The van der Waals surface area contributed by atoms with E-state index in [1.54, 1.807) is 17.1 Å². The topological polar surface area (TPSA) is 76.4 Å². The summed E-state index contributed by atoms with van der Waals surface area (Å²) in [5.41, 5.74) is 1.51. The fourth-order valence-electron chi connectivity index (χ4n) is 3.63. The number of likely N-dealkylation sites (N-methyl/N-ethyl adjacent to an activating group) is 1. The second-order valence-corrected chi connectivity index (χ2v) is 7.67. The Labute approximate surface area is 159 Å². The molecule has 3 heterocycles. The molecule has 8 nitrogen and oxygen atoms in total. The van der Waals surface area contributed by atoms with Crippen LogP contribution < -0.4 is 0 Å². The predicted molar refractivity (Wildman–Crippen MR) is 99.3 cm³/mol. The highest BCUT2D eigenvalue weighted by atomic mass is 16.5. The number of ether oxygens (including phenoxy) is 1. The van der Waals surface area contributed by atoms with Crippen molar-refractivity contribution in [3.8, 4) is 0 Å². The zero-order valence-corrected chi connectivity index (χ0v) is 16.1. The summed E-state index contributed by atoms with van der Waals surface area (Å²) >= 11 is 0. The molecule has 1 saturated carbocycles. The summed E-state index contributed by atoms with van der Waals surface area (Å²) < 4.78 is 7.79. The first-order valence-corrected chi connectivity index (χ1v) is 9.40. The van der Waals surface area contributed by atoms with Gasteiger partial charge in [-0.15, -0.1) is 0 Å². The SMILES string of the molecule is CN(C)C[C@@H]1OCCN(C(=O)c2cnc(C3CC3)nc2)[C@H]1c1cnn(C)c1. The highest BCUT2D eigenvalue weighted by molar-refractivity contribution is 5.94. The van der Waals surface area contributed by atoms with Crippen LogP contribution in [0.4, 0.5) is 0 Å². The van der Waals surface area contributed by atoms with Gasteiger partial charge in [-0.25, -0.2) is 9.97 Å². The maximum atomic E-state index is 13.3. The van der Waals surface area contributed by atoms with Crippen LogP contribution in [0.3, 0.4) is 0 Å². The average Bonchev–Trinajstić information content (AvgIpc) is 3.42. The first-order valence-electron chi connectivity index (χ1n) is 9.40. The van der Waals surface area contributed by atoms with Crippen LogP contribution in [-0.2, 0) is 11.8 Å². The van der Waals surface area contributed by atoms with E-state index in [0.29, 0.717) is 24.6 Å². The summed E-state index contributed by atoms with van der Waals surface area (Å²) in [5, 5.41) is 4.29. The first-order chi connectivity index (χ1) is 13.0. The second kappa shape index (κ2) is 7.36. The minimum atomic E-state index is -0.189. The number of hydrogen-bond acceptors (Lipinski definition) is 6. The van der Waals surface area contributed by atoms with Gasteiger partial charge in [-0.3, -0.25) is 9.48 Å². The maximum absolute atomic E-state index is 13.3. The highest BCUT2D eigenvalue weighted by Gasteiger charge is 2.38. The molecule has 1 saturated heterocycles. The fourth-order valence-corrected chi connectivity index (χ4v) is 3.63. The summed E-state index contributed by atoms with van der Waals surface area (Å²) in [6.45, 7) is 1.77. The quantitative estimate of drug-likeness (QED) is 0.788. The summed E-state index contributed by atoms with van der Waals surface area (Å²) in [7, 11) is 5.90. The molecule has 4 rings (SSSR count). The number of aryl methyl sites for hydroxylation is 1. The van der Waals surface area contributed by atoms with Gasteiger partial charge in [-0.2, -0.15) is 5.10 Å². The van der Waals surface area contributed by atoms with Gasteiger partial charge in [-0.05, 0) is 26.9 Å². The molecule has 1 aliphatic carbocycles. The molecule has 0 radical (unpaired) electrons. The first kappa shape index (κ1) is 18.1. The monoisotopic (exact) mass is 370 g/mol. The van der Waals surface area contributed by atoms with Gasteiger partial charge in [0, 0.05) is 50.2 Å². The molecule has 144 valence electrons. The summed E-state index contributed by atoms with van der Waals surface area (Å²) in [5.74, 6) is 1.27. The van der Waals surface area contributed by atoms with E-state index in [9.17, 15) is 4.79 Å². The third-order valence-corrected chi connectivity index (χ3v) is 5.09. The molecule has 0 N–H and O–H groups in total. The smallest absolute Gasteiger partial charge is 0.257 e. The lowest BCUT2D eigenvalue weighted by molar-refractivity contribution is -0.0685. The molecule has 2 fully saturated rings. The number of rotatable bonds is 5. The molecule has 2 aromatic heterocycles. The third kappa shape index (κ3) is 3.86. The van der Waals surface area contributed by atoms with Crippen molar-refractivity contribution >= 4 is 5.91 Å². The lowest BCUT2D eigenvalue weighted by atomic mass is 9.99. The number of amides is 1. The molecule has 1 amide bonds. The van der Waals surface area contributed by atoms with Gasteiger partial charge in [0.2, 0.25) is 0 Å². The Balaban J connectivity index is 1.61. The van der Waals surface area contributed by atoms with Gasteiger partial charge < -0.3 is 14.5 Å². The van der Waals surface area contributed by atoms with E-state index in [2.05, 4.69) is 20.0 Å². The Morgan fingerprint density at radius 2 is 2.00 bits per heavy atom. The number of carbonyl (C=O) groups is 1. The van der Waals surface area contributed by atoms with E-state index in [-0.39, 0.29) is 18.1 Å². The van der Waals surface area contributed by atoms with Crippen molar-refractivity contribution in [1.82, 2.24) is 29.5 Å². The zero-order chi connectivity index (χ0) is 19.0.